The Kier molecular flexibility index (Phi) is 6.84. The SMILES string of the molecule is COCCN(Cc1nc2ccccc2c(=O)[nH]1)C(=O)[C@H](C)Sc1ccccc1. The number of nitrogens with one attached hydrogen (secondary N) is 1. The van der Waals surface area contributed by atoms with Gasteiger partial charge in [0.05, 0.1) is 29.3 Å². The Hall–Kier alpha value is -2.64. The van der Waals surface area contributed by atoms with Crippen LogP contribution < -0.4 is 5.56 Å². The molecule has 0 aliphatic heterocycles. The number of benzene rings is 2. The lowest BCUT2D eigenvalue weighted by Crippen LogP contribution is -2.39. The fourth-order valence-corrected chi connectivity index (χ4v) is 3.84. The van der Waals surface area contributed by atoms with Crippen molar-refractivity contribution in [1.82, 2.24) is 14.9 Å². The Balaban J connectivity index is 1.79. The zero-order valence-electron chi connectivity index (χ0n) is 15.9. The molecule has 0 saturated heterocycles. The normalized spacial score (nSPS) is 12.1. The molecule has 0 aliphatic carbocycles. The Labute approximate surface area is 167 Å². The van der Waals surface area contributed by atoms with E-state index in [1.165, 1.54) is 11.8 Å². The zero-order chi connectivity index (χ0) is 19.9. The number of para-hydroxylation sites is 1. The first kappa shape index (κ1) is 20.1. The van der Waals surface area contributed by atoms with Gasteiger partial charge in [-0.3, -0.25) is 9.59 Å². The van der Waals surface area contributed by atoms with Crippen LogP contribution in [0.25, 0.3) is 10.9 Å². The van der Waals surface area contributed by atoms with Crippen molar-refractivity contribution in [3.8, 4) is 0 Å². The first-order chi connectivity index (χ1) is 13.6. The van der Waals surface area contributed by atoms with Crippen molar-refractivity contribution in [2.75, 3.05) is 20.3 Å². The van der Waals surface area contributed by atoms with Gasteiger partial charge in [0.1, 0.15) is 5.82 Å². The van der Waals surface area contributed by atoms with Crippen LogP contribution >= 0.6 is 11.8 Å². The van der Waals surface area contributed by atoms with E-state index in [1.807, 2.05) is 43.3 Å². The number of nitrogens with zero attached hydrogens (tertiary/aromatic N) is 2. The summed E-state index contributed by atoms with van der Waals surface area (Å²) in [5, 5.41) is 0.264. The zero-order valence-corrected chi connectivity index (χ0v) is 16.7. The number of carbonyl (C=O) groups excluding carboxylic acids is 1. The number of hydrogen-bond acceptors (Lipinski definition) is 5. The van der Waals surface area contributed by atoms with E-state index in [1.54, 1.807) is 30.2 Å². The molecule has 6 nitrogen and oxygen atoms in total. The third kappa shape index (κ3) is 4.99. The highest BCUT2D eigenvalue weighted by Crippen LogP contribution is 2.24. The van der Waals surface area contributed by atoms with E-state index in [4.69, 9.17) is 4.74 Å². The third-order valence-electron chi connectivity index (χ3n) is 4.28. The van der Waals surface area contributed by atoms with E-state index in [0.717, 1.165) is 4.90 Å². The largest absolute Gasteiger partial charge is 0.383 e. The van der Waals surface area contributed by atoms with Crippen LogP contribution in [-0.2, 0) is 16.1 Å². The minimum absolute atomic E-state index is 0.0262. The summed E-state index contributed by atoms with van der Waals surface area (Å²) in [6.07, 6.45) is 0. The lowest BCUT2D eigenvalue weighted by atomic mass is 10.2. The Morgan fingerprint density at radius 2 is 1.89 bits per heavy atom. The number of ether oxygens (including phenoxy) is 1. The summed E-state index contributed by atoms with van der Waals surface area (Å²) in [5.41, 5.74) is 0.415. The maximum atomic E-state index is 13.0. The van der Waals surface area contributed by atoms with Gasteiger partial charge < -0.3 is 14.6 Å². The van der Waals surface area contributed by atoms with Crippen molar-refractivity contribution >= 4 is 28.6 Å². The van der Waals surface area contributed by atoms with Crippen LogP contribution in [0.4, 0.5) is 0 Å². The fourth-order valence-electron chi connectivity index (χ4n) is 2.87. The van der Waals surface area contributed by atoms with Gasteiger partial charge in [0.25, 0.3) is 5.56 Å². The summed E-state index contributed by atoms with van der Waals surface area (Å²) in [6, 6.07) is 17.0. The monoisotopic (exact) mass is 397 g/mol. The van der Waals surface area contributed by atoms with Crippen LogP contribution in [0, 0.1) is 0 Å². The van der Waals surface area contributed by atoms with Crippen molar-refractivity contribution < 1.29 is 9.53 Å². The van der Waals surface area contributed by atoms with Crippen molar-refractivity contribution in [2.24, 2.45) is 0 Å². The number of hydrogen-bond donors (Lipinski definition) is 1. The smallest absolute Gasteiger partial charge is 0.258 e. The van der Waals surface area contributed by atoms with Gasteiger partial charge in [-0.1, -0.05) is 30.3 Å². The standard InChI is InChI=1S/C21H23N3O3S/c1-15(28-16-8-4-3-5-9-16)21(26)24(12-13-27-2)14-19-22-18-11-7-6-10-17(18)20(25)23-19/h3-11,15H,12-14H2,1-2H3,(H,22,23,25)/t15-/m0/s1. The quantitative estimate of drug-likeness (QED) is 0.591. The molecule has 3 aromatic rings. The van der Waals surface area contributed by atoms with E-state index in [9.17, 15) is 9.59 Å². The predicted molar refractivity (Wildman–Crippen MR) is 111 cm³/mol. The van der Waals surface area contributed by atoms with Crippen molar-refractivity contribution in [1.29, 1.82) is 0 Å². The maximum absolute atomic E-state index is 13.0. The average molecular weight is 398 g/mol. The molecule has 1 amide bonds. The topological polar surface area (TPSA) is 75.3 Å². The van der Waals surface area contributed by atoms with Gasteiger partial charge in [0, 0.05) is 18.6 Å². The molecular weight excluding hydrogens is 374 g/mol. The van der Waals surface area contributed by atoms with Gasteiger partial charge in [0.2, 0.25) is 5.91 Å². The first-order valence-electron chi connectivity index (χ1n) is 9.06. The second kappa shape index (κ2) is 9.52. The van der Waals surface area contributed by atoms with Crippen molar-refractivity contribution in [3.63, 3.8) is 0 Å². The number of carbonyl (C=O) groups is 1. The predicted octanol–water partition coefficient (Wildman–Crippen LogP) is 3.08. The number of aromatic amines is 1. The minimum Gasteiger partial charge on any atom is -0.383 e. The van der Waals surface area contributed by atoms with Gasteiger partial charge in [-0.15, -0.1) is 11.8 Å². The number of thioether (sulfide) groups is 1. The summed E-state index contributed by atoms with van der Waals surface area (Å²) in [5.74, 6) is 0.437. The number of aromatic nitrogens is 2. The molecule has 0 bridgehead atoms. The summed E-state index contributed by atoms with van der Waals surface area (Å²) < 4.78 is 5.16. The highest BCUT2D eigenvalue weighted by molar-refractivity contribution is 8.00. The van der Waals surface area contributed by atoms with E-state index in [2.05, 4.69) is 9.97 Å². The minimum atomic E-state index is -0.272. The number of rotatable bonds is 8. The molecule has 3 rings (SSSR count). The highest BCUT2D eigenvalue weighted by atomic mass is 32.2. The fraction of sp³-hybridized carbons (Fsp3) is 0.286. The van der Waals surface area contributed by atoms with Gasteiger partial charge in [-0.25, -0.2) is 4.98 Å². The summed E-state index contributed by atoms with van der Waals surface area (Å²) >= 11 is 1.51. The second-order valence-electron chi connectivity index (χ2n) is 6.36. The van der Waals surface area contributed by atoms with Crippen LogP contribution in [0.5, 0.6) is 0 Å². The molecule has 1 aromatic heterocycles. The lowest BCUT2D eigenvalue weighted by molar-refractivity contribution is -0.131. The van der Waals surface area contributed by atoms with E-state index in [-0.39, 0.29) is 23.3 Å². The molecule has 1 N–H and O–H groups in total. The van der Waals surface area contributed by atoms with Gasteiger partial charge in [-0.05, 0) is 31.2 Å². The molecule has 0 spiro atoms. The van der Waals surface area contributed by atoms with E-state index in [0.29, 0.717) is 29.9 Å². The summed E-state index contributed by atoms with van der Waals surface area (Å²) in [4.78, 5) is 35.4. The Morgan fingerprint density at radius 1 is 1.18 bits per heavy atom. The van der Waals surface area contributed by atoms with Crippen molar-refractivity contribution in [2.45, 2.75) is 23.6 Å². The Morgan fingerprint density at radius 3 is 2.64 bits per heavy atom. The number of fused-ring (bicyclic) bond motifs is 1. The Bertz CT molecular complexity index is 991. The molecule has 2 aromatic carbocycles. The lowest BCUT2D eigenvalue weighted by Gasteiger charge is -2.25. The second-order valence-corrected chi connectivity index (χ2v) is 7.77. The number of H-pyrrole nitrogens is 1. The average Bonchev–Trinajstić information content (AvgIpc) is 2.71. The molecule has 0 unspecified atom stereocenters. The van der Waals surface area contributed by atoms with Gasteiger partial charge in [0.15, 0.2) is 0 Å². The van der Waals surface area contributed by atoms with Crippen LogP contribution in [0.15, 0.2) is 64.3 Å². The van der Waals surface area contributed by atoms with Crippen LogP contribution in [0.1, 0.15) is 12.7 Å². The molecule has 0 fully saturated rings. The molecule has 0 radical (unpaired) electrons. The molecule has 1 heterocycles. The summed E-state index contributed by atoms with van der Waals surface area (Å²) in [7, 11) is 1.60. The highest BCUT2D eigenvalue weighted by Gasteiger charge is 2.22. The van der Waals surface area contributed by atoms with Crippen LogP contribution in [-0.4, -0.2) is 46.3 Å². The first-order valence-corrected chi connectivity index (χ1v) is 9.94. The van der Waals surface area contributed by atoms with Crippen LogP contribution in [0.2, 0.25) is 0 Å². The third-order valence-corrected chi connectivity index (χ3v) is 5.38. The van der Waals surface area contributed by atoms with E-state index < -0.39 is 0 Å². The van der Waals surface area contributed by atoms with E-state index >= 15 is 0 Å². The number of amides is 1. The molecule has 146 valence electrons. The molecule has 0 saturated carbocycles. The molecule has 1 atom stereocenters. The molecule has 28 heavy (non-hydrogen) atoms. The summed E-state index contributed by atoms with van der Waals surface area (Å²) in [6.45, 7) is 2.94. The van der Waals surface area contributed by atoms with Crippen LogP contribution in [0.3, 0.4) is 0 Å². The van der Waals surface area contributed by atoms with Crippen molar-refractivity contribution in [3.05, 3.63) is 70.8 Å². The molecular formula is C21H23N3O3S. The molecule has 7 heteroatoms. The molecule has 0 aliphatic rings. The maximum Gasteiger partial charge on any atom is 0.258 e. The van der Waals surface area contributed by atoms with Gasteiger partial charge >= 0.3 is 0 Å². The van der Waals surface area contributed by atoms with Gasteiger partial charge in [-0.2, -0.15) is 0 Å². The number of methoxy groups -OCH3 is 1.